The molecule has 0 radical (unpaired) electrons. The average molecular weight is 444 g/mol. The quantitative estimate of drug-likeness (QED) is 0.175. The van der Waals surface area contributed by atoms with E-state index in [2.05, 4.69) is 5.32 Å². The third kappa shape index (κ3) is 6.50. The molecule has 0 spiro atoms. The molecule has 0 aliphatic rings. The van der Waals surface area contributed by atoms with Gasteiger partial charge in [0.15, 0.2) is 0 Å². The normalized spacial score (nSPS) is 11.9. The molecule has 0 bridgehead atoms. The van der Waals surface area contributed by atoms with Gasteiger partial charge in [-0.15, -0.1) is 11.3 Å². The second-order valence-electron chi connectivity index (χ2n) is 7.11. The molecule has 0 unspecified atom stereocenters. The van der Waals surface area contributed by atoms with Gasteiger partial charge >= 0.3 is 5.97 Å². The minimum Gasteiger partial charge on any atom is -0.494 e. The molecule has 0 saturated heterocycles. The number of hydroxylamine groups is 1. The van der Waals surface area contributed by atoms with Gasteiger partial charge in [0.2, 0.25) is 0 Å². The monoisotopic (exact) mass is 443 g/mol. The van der Waals surface area contributed by atoms with Crippen molar-refractivity contribution in [3.63, 3.8) is 0 Å². The lowest BCUT2D eigenvalue weighted by atomic mass is 10.1. The van der Waals surface area contributed by atoms with Gasteiger partial charge in [0.25, 0.3) is 5.91 Å². The molecule has 0 saturated carbocycles. The van der Waals surface area contributed by atoms with Gasteiger partial charge in [0, 0.05) is 17.8 Å². The number of thiophene rings is 1. The number of carbonyl (C=O) groups excluding carboxylic acids is 1. The molecule has 3 rings (SSSR count). The Morgan fingerprint density at radius 2 is 1.77 bits per heavy atom. The summed E-state index contributed by atoms with van der Waals surface area (Å²) < 4.78 is 6.61. The summed E-state index contributed by atoms with van der Waals surface area (Å²) >= 11 is 1.34. The molecule has 0 aliphatic carbocycles. The van der Waals surface area contributed by atoms with Crippen LogP contribution in [0.4, 0.5) is 0 Å². The smallest absolute Gasteiger partial charge is 0.320 e. The zero-order chi connectivity index (χ0) is 22.2. The Morgan fingerprint density at radius 1 is 1.06 bits per heavy atom. The minimum absolute atomic E-state index is 0.380. The van der Waals surface area contributed by atoms with E-state index in [1.165, 1.54) is 11.3 Å². The van der Waals surface area contributed by atoms with Crippen molar-refractivity contribution in [3.8, 4) is 5.75 Å². The number of benzene rings is 2. The molecule has 1 heterocycles. The second kappa shape index (κ2) is 10.9. The van der Waals surface area contributed by atoms with Gasteiger partial charge in [-0.1, -0.05) is 24.3 Å². The Hall–Kier alpha value is -2.98. The van der Waals surface area contributed by atoms with Gasteiger partial charge < -0.3 is 20.9 Å². The zero-order valence-electron chi connectivity index (χ0n) is 16.8. The molecular weight excluding hydrogens is 418 g/mol. The Labute approximate surface area is 183 Å². The van der Waals surface area contributed by atoms with E-state index in [9.17, 15) is 9.59 Å². The van der Waals surface area contributed by atoms with Crippen LogP contribution in [0.1, 0.15) is 33.6 Å². The molecule has 1 amide bonds. The lowest BCUT2D eigenvalue weighted by Gasteiger charge is -2.09. The molecular formula is C22H25N3O5S. The van der Waals surface area contributed by atoms with E-state index >= 15 is 0 Å². The van der Waals surface area contributed by atoms with Crippen LogP contribution >= 0.6 is 11.3 Å². The van der Waals surface area contributed by atoms with Crippen LogP contribution in [-0.4, -0.2) is 34.8 Å². The van der Waals surface area contributed by atoms with Crippen LogP contribution in [-0.2, 0) is 17.9 Å². The summed E-state index contributed by atoms with van der Waals surface area (Å²) in [6.07, 6.45) is 0.960. The Bertz CT molecular complexity index is 1040. The van der Waals surface area contributed by atoms with Gasteiger partial charge in [-0.3, -0.25) is 14.8 Å². The molecule has 0 fully saturated rings. The summed E-state index contributed by atoms with van der Waals surface area (Å²) in [6, 6.07) is 14.7. The molecule has 8 nitrogen and oxygen atoms in total. The first kappa shape index (κ1) is 22.7. The molecule has 9 heteroatoms. The molecule has 31 heavy (non-hydrogen) atoms. The largest absolute Gasteiger partial charge is 0.494 e. The highest BCUT2D eigenvalue weighted by Gasteiger charge is 2.11. The van der Waals surface area contributed by atoms with Crippen LogP contribution in [0.5, 0.6) is 5.75 Å². The lowest BCUT2D eigenvalue weighted by Crippen LogP contribution is -2.30. The van der Waals surface area contributed by atoms with E-state index in [0.29, 0.717) is 37.4 Å². The number of amides is 1. The Kier molecular flexibility index (Phi) is 7.96. The second-order valence-corrected chi connectivity index (χ2v) is 8.19. The van der Waals surface area contributed by atoms with E-state index in [4.69, 9.17) is 20.8 Å². The number of hydrogen-bond donors (Lipinski definition) is 5. The van der Waals surface area contributed by atoms with Gasteiger partial charge in [0.1, 0.15) is 11.8 Å². The van der Waals surface area contributed by atoms with Crippen molar-refractivity contribution in [2.24, 2.45) is 5.73 Å². The number of ether oxygens (including phenoxy) is 1. The number of carboxylic acids is 1. The summed E-state index contributed by atoms with van der Waals surface area (Å²) in [6.45, 7) is 1.79. The van der Waals surface area contributed by atoms with E-state index in [-0.39, 0.29) is 0 Å². The molecule has 6 N–H and O–H groups in total. The van der Waals surface area contributed by atoms with Crippen molar-refractivity contribution in [2.45, 2.75) is 32.0 Å². The van der Waals surface area contributed by atoms with Crippen LogP contribution in [0.25, 0.3) is 10.1 Å². The summed E-state index contributed by atoms with van der Waals surface area (Å²) in [4.78, 5) is 22.7. The SMILES string of the molecule is N[C@@H](CCCOc1ccc(CNCc2ccc3cc(C(=O)NO)sc3c2)cc1)C(=O)O. The van der Waals surface area contributed by atoms with Gasteiger partial charge in [-0.05, 0) is 53.6 Å². The van der Waals surface area contributed by atoms with Crippen molar-refractivity contribution >= 4 is 33.3 Å². The molecule has 2 aromatic carbocycles. The van der Waals surface area contributed by atoms with Crippen molar-refractivity contribution in [2.75, 3.05) is 6.61 Å². The predicted molar refractivity (Wildman–Crippen MR) is 118 cm³/mol. The average Bonchev–Trinajstić information content (AvgIpc) is 3.20. The fourth-order valence-electron chi connectivity index (χ4n) is 3.02. The lowest BCUT2D eigenvalue weighted by molar-refractivity contribution is -0.138. The first-order chi connectivity index (χ1) is 15.0. The third-order valence-corrected chi connectivity index (χ3v) is 5.83. The molecule has 0 aliphatic heterocycles. The molecule has 3 aromatic rings. The van der Waals surface area contributed by atoms with E-state index in [1.54, 1.807) is 11.5 Å². The maximum absolute atomic E-state index is 11.5. The van der Waals surface area contributed by atoms with Crippen LogP contribution in [0.3, 0.4) is 0 Å². The first-order valence-electron chi connectivity index (χ1n) is 9.84. The standard InChI is InChI=1S/C22H25N3O5S/c23-18(22(27)28)2-1-9-30-17-7-4-14(5-8-17)12-24-13-15-3-6-16-11-20(21(26)25-29)31-19(16)10-15/h3-8,10-11,18,24,29H,1-2,9,12-13,23H2,(H,25,26)(H,27,28)/t18-/m0/s1. The number of aliphatic carboxylic acids is 1. The zero-order valence-corrected chi connectivity index (χ0v) is 17.7. The van der Waals surface area contributed by atoms with Crippen molar-refractivity contribution in [1.29, 1.82) is 0 Å². The van der Waals surface area contributed by atoms with E-state index < -0.39 is 17.9 Å². The highest BCUT2D eigenvalue weighted by molar-refractivity contribution is 7.20. The molecule has 1 atom stereocenters. The fourth-order valence-corrected chi connectivity index (χ4v) is 4.04. The van der Waals surface area contributed by atoms with Crippen molar-refractivity contribution in [1.82, 2.24) is 10.8 Å². The van der Waals surface area contributed by atoms with Crippen LogP contribution in [0.15, 0.2) is 48.5 Å². The number of nitrogens with one attached hydrogen (secondary N) is 2. The van der Waals surface area contributed by atoms with Crippen LogP contribution < -0.4 is 21.3 Å². The minimum atomic E-state index is -0.994. The number of carbonyl (C=O) groups is 2. The Morgan fingerprint density at radius 3 is 2.48 bits per heavy atom. The number of fused-ring (bicyclic) bond motifs is 1. The number of hydrogen-bond acceptors (Lipinski definition) is 7. The summed E-state index contributed by atoms with van der Waals surface area (Å²) in [7, 11) is 0. The highest BCUT2D eigenvalue weighted by atomic mass is 32.1. The third-order valence-electron chi connectivity index (χ3n) is 4.74. The van der Waals surface area contributed by atoms with E-state index in [1.807, 2.05) is 42.5 Å². The van der Waals surface area contributed by atoms with Crippen molar-refractivity contribution in [3.05, 3.63) is 64.5 Å². The number of rotatable bonds is 11. The Balaban J connectivity index is 1.44. The van der Waals surface area contributed by atoms with Crippen molar-refractivity contribution < 1.29 is 24.6 Å². The molecule has 1 aromatic heterocycles. The highest BCUT2D eigenvalue weighted by Crippen LogP contribution is 2.26. The first-order valence-corrected chi connectivity index (χ1v) is 10.7. The van der Waals surface area contributed by atoms with Gasteiger partial charge in [0.05, 0.1) is 11.5 Å². The summed E-state index contributed by atoms with van der Waals surface area (Å²) in [5.74, 6) is -0.762. The maximum Gasteiger partial charge on any atom is 0.320 e. The maximum atomic E-state index is 11.5. The summed E-state index contributed by atoms with van der Waals surface area (Å²) in [5, 5.41) is 21.9. The van der Waals surface area contributed by atoms with Gasteiger partial charge in [-0.2, -0.15) is 0 Å². The number of nitrogens with two attached hydrogens (primary N) is 1. The van der Waals surface area contributed by atoms with E-state index in [0.717, 1.165) is 27.0 Å². The summed E-state index contributed by atoms with van der Waals surface area (Å²) in [5.41, 5.74) is 9.34. The predicted octanol–water partition coefficient (Wildman–Crippen LogP) is 2.88. The molecule has 164 valence electrons. The topological polar surface area (TPSA) is 134 Å². The fraction of sp³-hybridized carbons (Fsp3) is 0.273. The van der Waals surface area contributed by atoms with Crippen LogP contribution in [0.2, 0.25) is 0 Å². The van der Waals surface area contributed by atoms with Gasteiger partial charge in [-0.25, -0.2) is 5.48 Å². The number of carboxylic acid groups (broad SMARTS) is 1. The van der Waals surface area contributed by atoms with Crippen LogP contribution in [0, 0.1) is 0 Å².